The molecule has 0 bridgehead atoms. The van der Waals surface area contributed by atoms with Gasteiger partial charge in [-0.3, -0.25) is 4.79 Å². The van der Waals surface area contributed by atoms with Crippen LogP contribution in [-0.2, 0) is 4.79 Å². The Bertz CT molecular complexity index is 267. The molecule has 0 aliphatic heterocycles. The van der Waals surface area contributed by atoms with E-state index in [9.17, 15) is 4.79 Å². The van der Waals surface area contributed by atoms with Gasteiger partial charge < -0.3 is 10.6 Å². The second kappa shape index (κ2) is 5.38. The number of hydrogen-bond acceptors (Lipinski definition) is 2. The Morgan fingerprint density at radius 3 is 2.41 bits per heavy atom. The van der Waals surface area contributed by atoms with E-state index in [1.807, 2.05) is 11.9 Å². The standard InChI is InChI=1S/C14H26N2O/c1-16(11-12-6-5-7-12)13(17)10-14(15)8-3-2-4-9-14/h12H,2-11,15H2,1H3. The molecule has 2 aliphatic rings. The van der Waals surface area contributed by atoms with Crippen molar-refractivity contribution in [1.82, 2.24) is 4.90 Å². The van der Waals surface area contributed by atoms with Crippen LogP contribution in [0.1, 0.15) is 57.8 Å². The molecule has 2 aliphatic carbocycles. The monoisotopic (exact) mass is 238 g/mol. The van der Waals surface area contributed by atoms with Crippen molar-refractivity contribution in [3.8, 4) is 0 Å². The fraction of sp³-hybridized carbons (Fsp3) is 0.929. The van der Waals surface area contributed by atoms with Crippen LogP contribution in [0.5, 0.6) is 0 Å². The molecule has 0 aromatic rings. The molecular formula is C14H26N2O. The Hall–Kier alpha value is -0.570. The van der Waals surface area contributed by atoms with Crippen LogP contribution in [0.15, 0.2) is 0 Å². The highest BCUT2D eigenvalue weighted by atomic mass is 16.2. The van der Waals surface area contributed by atoms with Crippen molar-refractivity contribution in [3.63, 3.8) is 0 Å². The molecule has 2 saturated carbocycles. The summed E-state index contributed by atoms with van der Waals surface area (Å²) in [7, 11) is 1.94. The van der Waals surface area contributed by atoms with Gasteiger partial charge in [-0.15, -0.1) is 0 Å². The first-order valence-electron chi connectivity index (χ1n) is 7.12. The average Bonchev–Trinajstić information content (AvgIpc) is 2.23. The maximum atomic E-state index is 12.1. The Labute approximate surface area is 105 Å². The smallest absolute Gasteiger partial charge is 0.224 e. The van der Waals surface area contributed by atoms with E-state index in [1.54, 1.807) is 0 Å². The predicted octanol–water partition coefficient (Wildman–Crippen LogP) is 2.30. The zero-order valence-corrected chi connectivity index (χ0v) is 11.1. The Balaban J connectivity index is 1.78. The van der Waals surface area contributed by atoms with Gasteiger partial charge in [0.1, 0.15) is 0 Å². The van der Waals surface area contributed by atoms with Gasteiger partial charge in [-0.05, 0) is 31.6 Å². The normalized spacial score (nSPS) is 24.1. The fourth-order valence-corrected chi connectivity index (χ4v) is 3.03. The number of amides is 1. The van der Waals surface area contributed by atoms with Crippen LogP contribution in [0, 0.1) is 5.92 Å². The number of hydrogen-bond donors (Lipinski definition) is 1. The predicted molar refractivity (Wildman–Crippen MR) is 69.6 cm³/mol. The highest BCUT2D eigenvalue weighted by Gasteiger charge is 2.31. The number of carbonyl (C=O) groups excluding carboxylic acids is 1. The lowest BCUT2D eigenvalue weighted by Gasteiger charge is -2.35. The van der Waals surface area contributed by atoms with Crippen LogP contribution < -0.4 is 5.73 Å². The van der Waals surface area contributed by atoms with Crippen LogP contribution in [0.4, 0.5) is 0 Å². The van der Waals surface area contributed by atoms with E-state index in [4.69, 9.17) is 5.73 Å². The molecule has 0 aromatic heterocycles. The molecule has 1 amide bonds. The first-order valence-corrected chi connectivity index (χ1v) is 7.12. The summed E-state index contributed by atoms with van der Waals surface area (Å²) in [6.45, 7) is 0.939. The van der Waals surface area contributed by atoms with Crippen LogP contribution in [0.2, 0.25) is 0 Å². The van der Waals surface area contributed by atoms with Gasteiger partial charge in [0.25, 0.3) is 0 Å². The Morgan fingerprint density at radius 1 is 1.24 bits per heavy atom. The lowest BCUT2D eigenvalue weighted by molar-refractivity contribution is -0.132. The summed E-state index contributed by atoms with van der Waals surface area (Å²) >= 11 is 0. The van der Waals surface area contributed by atoms with Gasteiger partial charge in [0, 0.05) is 25.6 Å². The summed E-state index contributed by atoms with van der Waals surface area (Å²) in [6, 6.07) is 0. The summed E-state index contributed by atoms with van der Waals surface area (Å²) < 4.78 is 0. The highest BCUT2D eigenvalue weighted by Crippen LogP contribution is 2.30. The Morgan fingerprint density at radius 2 is 1.88 bits per heavy atom. The summed E-state index contributed by atoms with van der Waals surface area (Å²) in [5.74, 6) is 1.00. The number of nitrogens with zero attached hydrogens (tertiary/aromatic N) is 1. The van der Waals surface area contributed by atoms with Crippen molar-refractivity contribution in [2.45, 2.75) is 63.3 Å². The van der Waals surface area contributed by atoms with Crippen molar-refractivity contribution < 1.29 is 4.79 Å². The molecule has 0 heterocycles. The van der Waals surface area contributed by atoms with Crippen LogP contribution >= 0.6 is 0 Å². The van der Waals surface area contributed by atoms with Gasteiger partial charge in [-0.2, -0.15) is 0 Å². The minimum Gasteiger partial charge on any atom is -0.345 e. The minimum atomic E-state index is -0.205. The lowest BCUT2D eigenvalue weighted by Crippen LogP contribution is -2.47. The molecule has 3 heteroatoms. The maximum Gasteiger partial charge on any atom is 0.224 e. The number of nitrogens with two attached hydrogens (primary N) is 1. The van der Waals surface area contributed by atoms with Crippen molar-refractivity contribution >= 4 is 5.91 Å². The van der Waals surface area contributed by atoms with Crippen molar-refractivity contribution in [2.24, 2.45) is 11.7 Å². The summed E-state index contributed by atoms with van der Waals surface area (Å²) in [4.78, 5) is 14.0. The van der Waals surface area contributed by atoms with E-state index >= 15 is 0 Å². The third-order valence-electron chi connectivity index (χ3n) is 4.54. The zero-order valence-electron chi connectivity index (χ0n) is 11.1. The molecule has 0 atom stereocenters. The largest absolute Gasteiger partial charge is 0.345 e. The van der Waals surface area contributed by atoms with Gasteiger partial charge in [-0.25, -0.2) is 0 Å². The van der Waals surface area contributed by atoms with Crippen LogP contribution in [0.3, 0.4) is 0 Å². The molecule has 0 radical (unpaired) electrons. The molecule has 0 aromatic carbocycles. The molecule has 2 N–H and O–H groups in total. The van der Waals surface area contributed by atoms with E-state index in [1.165, 1.54) is 38.5 Å². The molecule has 0 unspecified atom stereocenters. The SMILES string of the molecule is CN(CC1CCC1)C(=O)CC1(N)CCCCC1. The van der Waals surface area contributed by atoms with Crippen LogP contribution in [-0.4, -0.2) is 29.9 Å². The van der Waals surface area contributed by atoms with Crippen molar-refractivity contribution in [2.75, 3.05) is 13.6 Å². The molecule has 98 valence electrons. The van der Waals surface area contributed by atoms with E-state index in [-0.39, 0.29) is 11.4 Å². The zero-order chi connectivity index (χ0) is 12.3. The first kappa shape index (κ1) is 12.9. The summed E-state index contributed by atoms with van der Waals surface area (Å²) in [5, 5.41) is 0. The first-order chi connectivity index (χ1) is 8.09. The number of carbonyl (C=O) groups is 1. The molecule has 0 saturated heterocycles. The van der Waals surface area contributed by atoms with Crippen molar-refractivity contribution in [3.05, 3.63) is 0 Å². The topological polar surface area (TPSA) is 46.3 Å². The number of rotatable bonds is 4. The molecule has 3 nitrogen and oxygen atoms in total. The molecule has 0 spiro atoms. The van der Waals surface area contributed by atoms with E-state index in [2.05, 4.69) is 0 Å². The quantitative estimate of drug-likeness (QED) is 0.817. The lowest BCUT2D eigenvalue weighted by atomic mass is 9.79. The van der Waals surface area contributed by atoms with E-state index in [0.717, 1.165) is 25.3 Å². The van der Waals surface area contributed by atoms with Gasteiger partial charge in [0.2, 0.25) is 5.91 Å². The van der Waals surface area contributed by atoms with Gasteiger partial charge in [0.15, 0.2) is 0 Å². The van der Waals surface area contributed by atoms with Gasteiger partial charge >= 0.3 is 0 Å². The molecular weight excluding hydrogens is 212 g/mol. The van der Waals surface area contributed by atoms with E-state index in [0.29, 0.717) is 6.42 Å². The third kappa shape index (κ3) is 3.44. The summed E-state index contributed by atoms with van der Waals surface area (Å²) in [6.07, 6.45) is 10.2. The molecule has 2 rings (SSSR count). The fourth-order valence-electron chi connectivity index (χ4n) is 3.03. The highest BCUT2D eigenvalue weighted by molar-refractivity contribution is 5.77. The third-order valence-corrected chi connectivity index (χ3v) is 4.54. The molecule has 2 fully saturated rings. The summed E-state index contributed by atoms with van der Waals surface area (Å²) in [5.41, 5.74) is 6.12. The van der Waals surface area contributed by atoms with E-state index < -0.39 is 0 Å². The van der Waals surface area contributed by atoms with Crippen molar-refractivity contribution in [1.29, 1.82) is 0 Å². The minimum absolute atomic E-state index is 0.205. The van der Waals surface area contributed by atoms with Gasteiger partial charge in [0.05, 0.1) is 0 Å². The second-order valence-corrected chi connectivity index (χ2v) is 6.17. The van der Waals surface area contributed by atoms with Crippen LogP contribution in [0.25, 0.3) is 0 Å². The Kier molecular flexibility index (Phi) is 4.08. The average molecular weight is 238 g/mol. The maximum absolute atomic E-state index is 12.1. The van der Waals surface area contributed by atoms with Gasteiger partial charge in [-0.1, -0.05) is 25.7 Å². The second-order valence-electron chi connectivity index (χ2n) is 6.17. The molecule has 17 heavy (non-hydrogen) atoms.